The van der Waals surface area contributed by atoms with Gasteiger partial charge in [0.1, 0.15) is 17.2 Å². The summed E-state index contributed by atoms with van der Waals surface area (Å²) in [4.78, 5) is 19.2. The topological polar surface area (TPSA) is 94.2 Å². The third-order valence-corrected chi connectivity index (χ3v) is 6.02. The Morgan fingerprint density at radius 1 is 0.914 bits per heavy atom. The second kappa shape index (κ2) is 11.6. The molecule has 0 aliphatic carbocycles. The van der Waals surface area contributed by atoms with Crippen molar-refractivity contribution in [3.05, 3.63) is 42.6 Å². The summed E-state index contributed by atoms with van der Waals surface area (Å²) >= 11 is 0. The van der Waals surface area contributed by atoms with E-state index in [9.17, 15) is 4.79 Å². The van der Waals surface area contributed by atoms with Crippen LogP contribution in [0.3, 0.4) is 0 Å². The van der Waals surface area contributed by atoms with Crippen molar-refractivity contribution in [2.24, 2.45) is 0 Å². The summed E-state index contributed by atoms with van der Waals surface area (Å²) in [7, 11) is 4.72. The molecular formula is C26H32N4O5. The number of ether oxygens (including phenoxy) is 4. The average molecular weight is 481 g/mol. The molecule has 3 aromatic rings. The van der Waals surface area contributed by atoms with Crippen LogP contribution in [0.1, 0.15) is 19.3 Å². The van der Waals surface area contributed by atoms with Crippen LogP contribution in [0.15, 0.2) is 42.6 Å². The van der Waals surface area contributed by atoms with Crippen molar-refractivity contribution in [3.8, 4) is 28.7 Å². The normalized spacial score (nSPS) is 13.8. The fraction of sp³-hybridized carbons (Fsp3) is 0.385. The first kappa shape index (κ1) is 24.4. The number of rotatable bonds is 9. The molecule has 2 heterocycles. The highest BCUT2D eigenvalue weighted by Crippen LogP contribution is 2.38. The van der Waals surface area contributed by atoms with E-state index >= 15 is 0 Å². The van der Waals surface area contributed by atoms with E-state index in [0.717, 1.165) is 25.0 Å². The number of carbonyl (C=O) groups excluding carboxylic acids is 1. The second-order valence-electron chi connectivity index (χ2n) is 8.28. The van der Waals surface area contributed by atoms with Gasteiger partial charge in [-0.15, -0.1) is 0 Å². The number of piperidine rings is 1. The molecule has 0 atom stereocenters. The van der Waals surface area contributed by atoms with Gasteiger partial charge in [0.05, 0.1) is 32.5 Å². The molecule has 35 heavy (non-hydrogen) atoms. The number of hydrogen-bond donors (Lipinski definition) is 2. The first-order valence-electron chi connectivity index (χ1n) is 11.7. The number of hydrogen-bond acceptors (Lipinski definition) is 7. The van der Waals surface area contributed by atoms with Gasteiger partial charge in [-0.05, 0) is 50.2 Å². The van der Waals surface area contributed by atoms with E-state index in [1.807, 2.05) is 6.07 Å². The molecule has 2 N–H and O–H groups in total. The second-order valence-corrected chi connectivity index (χ2v) is 8.28. The van der Waals surface area contributed by atoms with Crippen molar-refractivity contribution >= 4 is 22.6 Å². The summed E-state index contributed by atoms with van der Waals surface area (Å²) < 4.78 is 22.4. The monoisotopic (exact) mass is 480 g/mol. The molecule has 0 bridgehead atoms. The van der Waals surface area contributed by atoms with Crippen LogP contribution < -0.4 is 29.6 Å². The van der Waals surface area contributed by atoms with Gasteiger partial charge in [-0.25, -0.2) is 4.79 Å². The maximum absolute atomic E-state index is 12.4. The quantitative estimate of drug-likeness (QED) is 0.460. The molecule has 0 unspecified atom stereocenters. The van der Waals surface area contributed by atoms with Crippen molar-refractivity contribution in [1.29, 1.82) is 0 Å². The van der Waals surface area contributed by atoms with E-state index in [1.165, 1.54) is 19.3 Å². The minimum absolute atomic E-state index is 0.268. The number of aromatic nitrogens is 1. The molecular weight excluding hydrogens is 448 g/mol. The number of carbonyl (C=O) groups is 1. The van der Waals surface area contributed by atoms with Gasteiger partial charge in [0.25, 0.3) is 0 Å². The Morgan fingerprint density at radius 3 is 2.40 bits per heavy atom. The van der Waals surface area contributed by atoms with Gasteiger partial charge < -0.3 is 34.5 Å². The number of anilines is 1. The molecule has 9 nitrogen and oxygen atoms in total. The summed E-state index contributed by atoms with van der Waals surface area (Å²) in [6, 6.07) is 10.4. The molecule has 1 saturated heterocycles. The lowest BCUT2D eigenvalue weighted by Gasteiger charge is -2.26. The highest BCUT2D eigenvalue weighted by molar-refractivity contribution is 5.91. The van der Waals surface area contributed by atoms with E-state index in [2.05, 4.69) is 20.5 Å². The fourth-order valence-electron chi connectivity index (χ4n) is 4.18. The predicted molar refractivity (Wildman–Crippen MR) is 135 cm³/mol. The Kier molecular flexibility index (Phi) is 8.10. The van der Waals surface area contributed by atoms with E-state index < -0.39 is 0 Å². The molecule has 2 amide bonds. The minimum atomic E-state index is -0.268. The molecule has 1 aromatic heterocycles. The Balaban J connectivity index is 1.43. The van der Waals surface area contributed by atoms with Gasteiger partial charge in [0.15, 0.2) is 11.5 Å². The molecule has 0 spiro atoms. The van der Waals surface area contributed by atoms with E-state index in [1.54, 1.807) is 57.9 Å². The van der Waals surface area contributed by atoms with Crippen molar-refractivity contribution in [2.75, 3.05) is 52.8 Å². The number of nitrogens with one attached hydrogen (secondary N) is 2. The number of nitrogens with zero attached hydrogens (tertiary/aromatic N) is 2. The van der Waals surface area contributed by atoms with E-state index in [0.29, 0.717) is 46.5 Å². The first-order valence-corrected chi connectivity index (χ1v) is 11.7. The Morgan fingerprint density at radius 2 is 1.66 bits per heavy atom. The van der Waals surface area contributed by atoms with Gasteiger partial charge in [0.2, 0.25) is 0 Å². The highest BCUT2D eigenvalue weighted by Gasteiger charge is 2.14. The van der Waals surface area contributed by atoms with Crippen molar-refractivity contribution in [1.82, 2.24) is 15.2 Å². The number of fused-ring (bicyclic) bond motifs is 1. The standard InChI is InChI=1S/C26H32N4O5/c1-32-23-15-18(7-8-20(23)29-26(31)28-11-14-30-12-5-4-6-13-30)35-22-9-10-27-21-17-25(34-3)24(33-2)16-19(21)22/h7-10,15-17H,4-6,11-14H2,1-3H3,(H2,28,29,31). The largest absolute Gasteiger partial charge is 0.494 e. The molecule has 0 radical (unpaired) electrons. The van der Waals surface area contributed by atoms with Crippen LogP contribution in [0.2, 0.25) is 0 Å². The average Bonchev–Trinajstić information content (AvgIpc) is 2.89. The lowest BCUT2D eigenvalue weighted by molar-refractivity contribution is 0.224. The molecule has 9 heteroatoms. The van der Waals surface area contributed by atoms with Crippen LogP contribution in [-0.2, 0) is 0 Å². The van der Waals surface area contributed by atoms with Gasteiger partial charge in [-0.1, -0.05) is 6.42 Å². The third kappa shape index (κ3) is 6.05. The van der Waals surface area contributed by atoms with E-state index in [4.69, 9.17) is 18.9 Å². The first-order chi connectivity index (χ1) is 17.1. The Bertz CT molecular complexity index is 1160. The molecule has 2 aromatic carbocycles. The summed E-state index contributed by atoms with van der Waals surface area (Å²) in [6.07, 6.45) is 5.43. The zero-order valence-corrected chi connectivity index (χ0v) is 20.4. The predicted octanol–water partition coefficient (Wildman–Crippen LogP) is 4.66. The van der Waals surface area contributed by atoms with Crippen LogP contribution in [0, 0.1) is 0 Å². The number of urea groups is 1. The summed E-state index contributed by atoms with van der Waals surface area (Å²) in [6.45, 7) is 3.66. The lowest BCUT2D eigenvalue weighted by atomic mass is 10.1. The number of pyridine rings is 1. The SMILES string of the molecule is COc1cc(Oc2ccnc3cc(OC)c(OC)cc23)ccc1NC(=O)NCCN1CCCCC1. The van der Waals surface area contributed by atoms with Crippen LogP contribution in [0.4, 0.5) is 10.5 Å². The van der Waals surface area contributed by atoms with Crippen molar-refractivity contribution < 1.29 is 23.7 Å². The molecule has 4 rings (SSSR count). The van der Waals surface area contributed by atoms with Crippen molar-refractivity contribution in [2.45, 2.75) is 19.3 Å². The fourth-order valence-corrected chi connectivity index (χ4v) is 4.18. The molecule has 1 aliphatic rings. The number of amides is 2. The zero-order chi connectivity index (χ0) is 24.6. The van der Waals surface area contributed by atoms with Crippen LogP contribution in [-0.4, -0.2) is 63.4 Å². The molecule has 1 fully saturated rings. The van der Waals surface area contributed by atoms with Gasteiger partial charge in [0, 0.05) is 36.8 Å². The highest BCUT2D eigenvalue weighted by atomic mass is 16.5. The third-order valence-electron chi connectivity index (χ3n) is 6.02. The van der Waals surface area contributed by atoms with Gasteiger partial charge in [-0.2, -0.15) is 0 Å². The lowest BCUT2D eigenvalue weighted by Crippen LogP contribution is -2.39. The summed E-state index contributed by atoms with van der Waals surface area (Å²) in [5, 5.41) is 6.55. The zero-order valence-electron chi connectivity index (χ0n) is 20.4. The number of methoxy groups -OCH3 is 3. The summed E-state index contributed by atoms with van der Waals surface area (Å²) in [5.41, 5.74) is 1.27. The maximum atomic E-state index is 12.4. The van der Waals surface area contributed by atoms with Crippen LogP contribution >= 0.6 is 0 Å². The Hall–Kier alpha value is -3.72. The maximum Gasteiger partial charge on any atom is 0.319 e. The van der Waals surface area contributed by atoms with Crippen LogP contribution in [0.5, 0.6) is 28.7 Å². The molecule has 186 valence electrons. The van der Waals surface area contributed by atoms with E-state index in [-0.39, 0.29) is 6.03 Å². The Labute approximate surface area is 205 Å². The van der Waals surface area contributed by atoms with Crippen LogP contribution in [0.25, 0.3) is 10.9 Å². The summed E-state index contributed by atoms with van der Waals surface area (Å²) in [5.74, 6) is 2.83. The number of likely N-dealkylation sites (tertiary alicyclic amines) is 1. The molecule has 0 saturated carbocycles. The minimum Gasteiger partial charge on any atom is -0.494 e. The number of benzene rings is 2. The van der Waals surface area contributed by atoms with Gasteiger partial charge in [-0.3, -0.25) is 4.98 Å². The molecule has 1 aliphatic heterocycles. The van der Waals surface area contributed by atoms with Crippen molar-refractivity contribution in [3.63, 3.8) is 0 Å². The van der Waals surface area contributed by atoms with Gasteiger partial charge >= 0.3 is 6.03 Å². The smallest absolute Gasteiger partial charge is 0.319 e.